The first-order valence-electron chi connectivity index (χ1n) is 7.52. The predicted molar refractivity (Wildman–Crippen MR) is 76.5 cm³/mol. The van der Waals surface area contributed by atoms with Crippen molar-refractivity contribution >= 4 is 0 Å². The third-order valence-electron chi connectivity index (χ3n) is 3.50. The molecule has 0 spiro atoms. The van der Waals surface area contributed by atoms with Crippen LogP contribution >= 0.6 is 0 Å². The van der Waals surface area contributed by atoms with Gasteiger partial charge in [-0.2, -0.15) is 0 Å². The molecule has 0 aromatic heterocycles. The second-order valence-corrected chi connectivity index (χ2v) is 6.45. The van der Waals surface area contributed by atoms with E-state index in [1.807, 2.05) is 0 Å². The lowest BCUT2D eigenvalue weighted by molar-refractivity contribution is 0.270. The number of rotatable bonds is 9. The van der Waals surface area contributed by atoms with Crippen LogP contribution in [0.5, 0.6) is 0 Å². The first-order chi connectivity index (χ1) is 8.03. The Morgan fingerprint density at radius 2 is 1.71 bits per heavy atom. The summed E-state index contributed by atoms with van der Waals surface area (Å²) >= 11 is 0. The maximum absolute atomic E-state index is 3.55. The second kappa shape index (κ2) is 7.38. The first-order valence-corrected chi connectivity index (χ1v) is 7.52. The van der Waals surface area contributed by atoms with Crippen molar-refractivity contribution in [2.45, 2.75) is 77.8 Å². The smallest absolute Gasteiger partial charge is 0.00965 e. The zero-order valence-corrected chi connectivity index (χ0v) is 12.4. The zero-order chi connectivity index (χ0) is 12.7. The molecule has 1 aliphatic carbocycles. The topological polar surface area (TPSA) is 15.3 Å². The van der Waals surface area contributed by atoms with Crippen molar-refractivity contribution in [2.24, 2.45) is 0 Å². The average Bonchev–Trinajstić information content (AvgIpc) is 3.04. The Bertz CT molecular complexity index is 192. The largest absolute Gasteiger partial charge is 0.312 e. The highest BCUT2D eigenvalue weighted by Crippen LogP contribution is 2.26. The molecule has 0 saturated heterocycles. The van der Waals surface area contributed by atoms with Crippen LogP contribution in [0.2, 0.25) is 0 Å². The SMILES string of the molecule is CCN(CCCCCCNC(C)(C)C)C1CC1. The molecule has 0 aromatic carbocycles. The number of hydrogen-bond acceptors (Lipinski definition) is 2. The van der Waals surface area contributed by atoms with Gasteiger partial charge < -0.3 is 10.2 Å². The van der Waals surface area contributed by atoms with Gasteiger partial charge in [0.1, 0.15) is 0 Å². The highest BCUT2D eigenvalue weighted by atomic mass is 15.2. The van der Waals surface area contributed by atoms with Crippen LogP contribution in [0, 0.1) is 0 Å². The summed E-state index contributed by atoms with van der Waals surface area (Å²) in [5.41, 5.74) is 0.283. The van der Waals surface area contributed by atoms with E-state index in [1.54, 1.807) is 0 Å². The van der Waals surface area contributed by atoms with E-state index in [0.29, 0.717) is 0 Å². The molecular formula is C15H32N2. The van der Waals surface area contributed by atoms with Gasteiger partial charge >= 0.3 is 0 Å². The highest BCUT2D eigenvalue weighted by Gasteiger charge is 2.26. The Morgan fingerprint density at radius 3 is 2.24 bits per heavy atom. The monoisotopic (exact) mass is 240 g/mol. The number of nitrogens with zero attached hydrogens (tertiary/aromatic N) is 1. The van der Waals surface area contributed by atoms with Crippen molar-refractivity contribution in [1.82, 2.24) is 10.2 Å². The molecule has 1 N–H and O–H groups in total. The first kappa shape index (κ1) is 15.0. The Hall–Kier alpha value is -0.0800. The lowest BCUT2D eigenvalue weighted by Crippen LogP contribution is -2.36. The lowest BCUT2D eigenvalue weighted by atomic mass is 10.1. The van der Waals surface area contributed by atoms with Gasteiger partial charge in [0.2, 0.25) is 0 Å². The molecule has 2 nitrogen and oxygen atoms in total. The summed E-state index contributed by atoms with van der Waals surface area (Å²) in [5.74, 6) is 0. The van der Waals surface area contributed by atoms with Crippen molar-refractivity contribution in [1.29, 1.82) is 0 Å². The zero-order valence-electron chi connectivity index (χ0n) is 12.4. The molecule has 17 heavy (non-hydrogen) atoms. The van der Waals surface area contributed by atoms with Gasteiger partial charge in [-0.3, -0.25) is 0 Å². The summed E-state index contributed by atoms with van der Waals surface area (Å²) in [4.78, 5) is 2.66. The molecule has 0 radical (unpaired) electrons. The van der Waals surface area contributed by atoms with Gasteiger partial charge in [-0.05, 0) is 66.1 Å². The van der Waals surface area contributed by atoms with Gasteiger partial charge in [-0.25, -0.2) is 0 Å². The predicted octanol–water partition coefficient (Wildman–Crippen LogP) is 3.42. The van der Waals surface area contributed by atoms with E-state index < -0.39 is 0 Å². The fourth-order valence-corrected chi connectivity index (χ4v) is 2.30. The van der Waals surface area contributed by atoms with Gasteiger partial charge in [0.15, 0.2) is 0 Å². The molecule has 0 amide bonds. The molecule has 0 unspecified atom stereocenters. The number of hydrogen-bond donors (Lipinski definition) is 1. The van der Waals surface area contributed by atoms with Crippen molar-refractivity contribution in [3.8, 4) is 0 Å². The van der Waals surface area contributed by atoms with Crippen LogP contribution in [-0.2, 0) is 0 Å². The van der Waals surface area contributed by atoms with E-state index >= 15 is 0 Å². The number of unbranched alkanes of at least 4 members (excludes halogenated alkanes) is 3. The molecule has 102 valence electrons. The van der Waals surface area contributed by atoms with Gasteiger partial charge in [-0.15, -0.1) is 0 Å². The Labute approximate surface area is 108 Å². The van der Waals surface area contributed by atoms with E-state index in [9.17, 15) is 0 Å². The molecule has 0 atom stereocenters. The minimum absolute atomic E-state index is 0.283. The molecule has 1 saturated carbocycles. The molecule has 1 rings (SSSR count). The van der Waals surface area contributed by atoms with Gasteiger partial charge in [-0.1, -0.05) is 19.8 Å². The van der Waals surface area contributed by atoms with Crippen LogP contribution in [0.15, 0.2) is 0 Å². The average molecular weight is 240 g/mol. The quantitative estimate of drug-likeness (QED) is 0.621. The van der Waals surface area contributed by atoms with E-state index in [-0.39, 0.29) is 5.54 Å². The summed E-state index contributed by atoms with van der Waals surface area (Å²) in [5, 5.41) is 3.55. The van der Waals surface area contributed by atoms with Gasteiger partial charge in [0.25, 0.3) is 0 Å². The molecular weight excluding hydrogens is 208 g/mol. The molecule has 0 aliphatic heterocycles. The van der Waals surface area contributed by atoms with E-state index in [0.717, 1.165) is 6.04 Å². The maximum Gasteiger partial charge on any atom is 0.00965 e. The number of nitrogens with one attached hydrogen (secondary N) is 1. The molecule has 1 aliphatic rings. The molecule has 1 fully saturated rings. The van der Waals surface area contributed by atoms with E-state index in [2.05, 4.69) is 37.9 Å². The molecule has 0 heterocycles. The van der Waals surface area contributed by atoms with E-state index in [4.69, 9.17) is 0 Å². The third-order valence-corrected chi connectivity index (χ3v) is 3.50. The Kier molecular flexibility index (Phi) is 6.50. The Balaban J connectivity index is 1.87. The van der Waals surface area contributed by atoms with Crippen LogP contribution in [0.3, 0.4) is 0 Å². The van der Waals surface area contributed by atoms with Crippen molar-refractivity contribution < 1.29 is 0 Å². The van der Waals surface area contributed by atoms with Crippen molar-refractivity contribution in [3.63, 3.8) is 0 Å². The Morgan fingerprint density at radius 1 is 1.06 bits per heavy atom. The van der Waals surface area contributed by atoms with Crippen molar-refractivity contribution in [3.05, 3.63) is 0 Å². The van der Waals surface area contributed by atoms with Crippen LogP contribution in [0.4, 0.5) is 0 Å². The summed E-state index contributed by atoms with van der Waals surface area (Å²) in [6, 6.07) is 0.947. The summed E-state index contributed by atoms with van der Waals surface area (Å²) in [6.45, 7) is 12.8. The molecule has 0 aromatic rings. The van der Waals surface area contributed by atoms with Gasteiger partial charge in [0, 0.05) is 11.6 Å². The fraction of sp³-hybridized carbons (Fsp3) is 1.00. The highest BCUT2D eigenvalue weighted by molar-refractivity contribution is 4.83. The van der Waals surface area contributed by atoms with Crippen LogP contribution < -0.4 is 5.32 Å². The van der Waals surface area contributed by atoms with Crippen LogP contribution in [-0.4, -0.2) is 36.1 Å². The maximum atomic E-state index is 3.55. The minimum Gasteiger partial charge on any atom is -0.312 e. The molecule has 2 heteroatoms. The molecule has 0 bridgehead atoms. The van der Waals surface area contributed by atoms with Crippen LogP contribution in [0.25, 0.3) is 0 Å². The minimum atomic E-state index is 0.283. The van der Waals surface area contributed by atoms with Crippen LogP contribution in [0.1, 0.15) is 66.2 Å². The second-order valence-electron chi connectivity index (χ2n) is 6.45. The summed E-state index contributed by atoms with van der Waals surface area (Å²) in [6.07, 6.45) is 8.39. The summed E-state index contributed by atoms with van der Waals surface area (Å²) < 4.78 is 0. The lowest BCUT2D eigenvalue weighted by Gasteiger charge is -2.21. The van der Waals surface area contributed by atoms with Gasteiger partial charge in [0.05, 0.1) is 0 Å². The standard InChI is InChI=1S/C15H32N2/c1-5-17(14-10-11-14)13-9-7-6-8-12-16-15(2,3)4/h14,16H,5-13H2,1-4H3. The third kappa shape index (κ3) is 7.77. The fourth-order valence-electron chi connectivity index (χ4n) is 2.30. The van der Waals surface area contributed by atoms with E-state index in [1.165, 1.54) is 58.2 Å². The summed E-state index contributed by atoms with van der Waals surface area (Å²) in [7, 11) is 0. The normalized spacial score (nSPS) is 16.8. The van der Waals surface area contributed by atoms with Crippen molar-refractivity contribution in [2.75, 3.05) is 19.6 Å².